The number of halogens is 1. The van der Waals surface area contributed by atoms with E-state index in [4.69, 9.17) is 21.5 Å². The van der Waals surface area contributed by atoms with E-state index in [1.54, 1.807) is 6.92 Å². The van der Waals surface area contributed by atoms with Gasteiger partial charge in [-0.2, -0.15) is 0 Å². The summed E-state index contributed by atoms with van der Waals surface area (Å²) in [5, 5.41) is 7.67. The zero-order chi connectivity index (χ0) is 21.1. The van der Waals surface area contributed by atoms with Gasteiger partial charge in [0.15, 0.2) is 6.61 Å². The monoisotopic (exact) mass is 457 g/mol. The molecule has 0 aromatic heterocycles. The molecule has 29 heavy (non-hydrogen) atoms. The summed E-state index contributed by atoms with van der Waals surface area (Å²) in [4.78, 5) is 11.2. The van der Waals surface area contributed by atoms with Crippen molar-refractivity contribution in [1.82, 2.24) is 0 Å². The number of nitrogens with one attached hydrogen (secondary N) is 1. The summed E-state index contributed by atoms with van der Waals surface area (Å²) >= 11 is 6.22. The summed E-state index contributed by atoms with van der Waals surface area (Å²) in [6.45, 7) is 1.48. The van der Waals surface area contributed by atoms with Gasteiger partial charge in [0.25, 0.3) is 15.9 Å². The maximum atomic E-state index is 13.4. The molecule has 154 valence electrons. The number of ether oxygens (including phenoxy) is 1. The molecule has 0 radical (unpaired) electrons. The largest absolute Gasteiger partial charge is 0.482 e. The van der Waals surface area contributed by atoms with Crippen molar-refractivity contribution in [3.8, 4) is 5.75 Å². The Balaban J connectivity index is 1.81. The first-order valence-corrected chi connectivity index (χ1v) is 11.8. The number of fused-ring (bicyclic) bond motifs is 2. The lowest BCUT2D eigenvalue weighted by molar-refractivity contribution is -0.118. The summed E-state index contributed by atoms with van der Waals surface area (Å²) in [7, 11) is -8.01. The average Bonchev–Trinajstić information content (AvgIpc) is 2.95. The maximum absolute atomic E-state index is 13.4. The number of hydrogen-bond acceptors (Lipinski definition) is 6. The Kier molecular flexibility index (Phi) is 4.53. The molecular weight excluding hydrogens is 442 g/mol. The molecule has 0 fully saturated rings. The summed E-state index contributed by atoms with van der Waals surface area (Å²) in [6.07, 6.45) is 0.313. The minimum Gasteiger partial charge on any atom is -0.482 e. The number of sulfonamides is 2. The SMILES string of the molecule is CC1Cc2cc(S(N)(=O)=O)ccc2N1S(=O)(=O)c1cc2c(cc1Cl)NC(=O)CO2. The van der Waals surface area contributed by atoms with Crippen molar-refractivity contribution in [2.24, 2.45) is 5.14 Å². The van der Waals surface area contributed by atoms with Gasteiger partial charge < -0.3 is 10.1 Å². The topological polar surface area (TPSA) is 136 Å². The molecule has 0 aliphatic carbocycles. The molecule has 1 atom stereocenters. The maximum Gasteiger partial charge on any atom is 0.266 e. The van der Waals surface area contributed by atoms with Gasteiger partial charge in [0.2, 0.25) is 10.0 Å². The molecule has 1 unspecified atom stereocenters. The van der Waals surface area contributed by atoms with Crippen LogP contribution in [-0.4, -0.2) is 35.4 Å². The molecule has 0 bridgehead atoms. The number of benzene rings is 2. The molecule has 1 amide bonds. The molecule has 9 nitrogen and oxygen atoms in total. The molecule has 2 aromatic carbocycles. The van der Waals surface area contributed by atoms with E-state index in [2.05, 4.69) is 5.32 Å². The lowest BCUT2D eigenvalue weighted by Gasteiger charge is -2.26. The van der Waals surface area contributed by atoms with Gasteiger partial charge in [-0.05, 0) is 43.2 Å². The van der Waals surface area contributed by atoms with Crippen molar-refractivity contribution in [3.05, 3.63) is 40.9 Å². The van der Waals surface area contributed by atoms with E-state index in [1.807, 2.05) is 0 Å². The van der Waals surface area contributed by atoms with E-state index < -0.39 is 26.1 Å². The number of nitrogens with two attached hydrogens (primary N) is 1. The highest BCUT2D eigenvalue weighted by Crippen LogP contribution is 2.42. The Morgan fingerprint density at radius 1 is 1.21 bits per heavy atom. The second-order valence-corrected chi connectivity index (χ2v) is 10.6. The summed E-state index contributed by atoms with van der Waals surface area (Å²) in [5.74, 6) is -0.166. The molecule has 4 rings (SSSR count). The zero-order valence-corrected chi connectivity index (χ0v) is 17.4. The smallest absolute Gasteiger partial charge is 0.266 e. The van der Waals surface area contributed by atoms with Crippen molar-refractivity contribution < 1.29 is 26.4 Å². The summed E-state index contributed by atoms with van der Waals surface area (Å²) in [5.41, 5.74) is 1.19. The minimum absolute atomic E-state index is 0.0728. The van der Waals surface area contributed by atoms with Crippen LogP contribution in [0.15, 0.2) is 40.1 Å². The highest BCUT2D eigenvalue weighted by atomic mass is 35.5. The number of hydrogen-bond donors (Lipinski definition) is 2. The lowest BCUT2D eigenvalue weighted by atomic mass is 10.1. The van der Waals surface area contributed by atoms with Crippen LogP contribution in [0.4, 0.5) is 11.4 Å². The quantitative estimate of drug-likeness (QED) is 0.716. The van der Waals surface area contributed by atoms with Crippen molar-refractivity contribution in [2.45, 2.75) is 29.2 Å². The molecular formula is C17H16ClN3O6S2. The molecule has 2 aliphatic rings. The van der Waals surface area contributed by atoms with Gasteiger partial charge in [-0.15, -0.1) is 0 Å². The second-order valence-electron chi connectivity index (χ2n) is 6.81. The zero-order valence-electron chi connectivity index (χ0n) is 15.0. The van der Waals surface area contributed by atoms with E-state index in [-0.39, 0.29) is 38.8 Å². The Morgan fingerprint density at radius 2 is 1.93 bits per heavy atom. The Hall–Kier alpha value is -2.34. The summed E-state index contributed by atoms with van der Waals surface area (Å²) in [6, 6.07) is 6.19. The first-order valence-electron chi connectivity index (χ1n) is 8.45. The van der Waals surface area contributed by atoms with Gasteiger partial charge in [0.1, 0.15) is 10.6 Å². The van der Waals surface area contributed by atoms with Crippen LogP contribution in [0.3, 0.4) is 0 Å². The van der Waals surface area contributed by atoms with Gasteiger partial charge >= 0.3 is 0 Å². The van der Waals surface area contributed by atoms with Crippen molar-refractivity contribution >= 4 is 48.9 Å². The Labute approximate surface area is 172 Å². The lowest BCUT2D eigenvalue weighted by Crippen LogP contribution is -2.36. The standard InChI is InChI=1S/C17H16ClN3O6S2/c1-9-4-10-5-11(28(19,23)24)2-3-14(10)21(9)29(25,26)16-7-15-13(6-12(16)18)20-17(22)8-27-15/h2-3,5-7,9H,4,8H2,1H3,(H,20,22)(H2,19,23,24). The fourth-order valence-electron chi connectivity index (χ4n) is 3.51. The van der Waals surface area contributed by atoms with Crippen LogP contribution in [0.2, 0.25) is 5.02 Å². The van der Waals surface area contributed by atoms with Crippen molar-refractivity contribution in [2.75, 3.05) is 16.2 Å². The van der Waals surface area contributed by atoms with Crippen LogP contribution in [0, 0.1) is 0 Å². The van der Waals surface area contributed by atoms with Crippen LogP contribution in [-0.2, 0) is 31.3 Å². The normalized spacial score (nSPS) is 18.7. The Morgan fingerprint density at radius 3 is 2.62 bits per heavy atom. The van der Waals surface area contributed by atoms with Crippen LogP contribution in [0.1, 0.15) is 12.5 Å². The van der Waals surface area contributed by atoms with E-state index in [9.17, 15) is 21.6 Å². The first kappa shape index (κ1) is 20.0. The van der Waals surface area contributed by atoms with Crippen LogP contribution < -0.4 is 19.5 Å². The van der Waals surface area contributed by atoms with Crippen LogP contribution in [0.5, 0.6) is 5.75 Å². The number of amides is 1. The van der Waals surface area contributed by atoms with E-state index in [1.165, 1.54) is 34.6 Å². The van der Waals surface area contributed by atoms with Crippen molar-refractivity contribution in [3.63, 3.8) is 0 Å². The second kappa shape index (κ2) is 6.59. The average molecular weight is 458 g/mol. The summed E-state index contributed by atoms with van der Waals surface area (Å²) < 4.78 is 56.5. The number of nitrogens with zero attached hydrogens (tertiary/aromatic N) is 1. The van der Waals surface area contributed by atoms with E-state index in [0.717, 1.165) is 0 Å². The highest BCUT2D eigenvalue weighted by molar-refractivity contribution is 7.93. The number of rotatable bonds is 3. The molecule has 0 spiro atoms. The van der Waals surface area contributed by atoms with Crippen LogP contribution in [0.25, 0.3) is 0 Å². The number of anilines is 2. The molecule has 2 aliphatic heterocycles. The minimum atomic E-state index is -4.10. The molecule has 2 heterocycles. The van der Waals surface area contributed by atoms with Gasteiger partial charge in [-0.3, -0.25) is 9.10 Å². The first-order chi connectivity index (χ1) is 13.5. The van der Waals surface area contributed by atoms with Crippen molar-refractivity contribution in [1.29, 1.82) is 0 Å². The third-order valence-corrected chi connectivity index (χ3v) is 8.04. The predicted molar refractivity (Wildman–Crippen MR) is 106 cm³/mol. The van der Waals surface area contributed by atoms with Gasteiger partial charge in [-0.25, -0.2) is 22.0 Å². The van der Waals surface area contributed by atoms with E-state index >= 15 is 0 Å². The molecule has 0 saturated carbocycles. The van der Waals surface area contributed by atoms with Crippen LogP contribution >= 0.6 is 11.6 Å². The third-order valence-electron chi connectivity index (χ3n) is 4.74. The molecule has 0 saturated heterocycles. The van der Waals surface area contributed by atoms with Gasteiger partial charge in [0.05, 0.1) is 21.3 Å². The number of primary sulfonamides is 1. The third kappa shape index (κ3) is 3.33. The fourth-order valence-corrected chi connectivity index (χ4v) is 6.29. The van der Waals surface area contributed by atoms with E-state index in [0.29, 0.717) is 17.7 Å². The molecule has 12 heteroatoms. The molecule has 2 aromatic rings. The number of carbonyl (C=O) groups excluding carboxylic acids is 1. The fraction of sp³-hybridized carbons (Fsp3) is 0.235. The van der Waals surface area contributed by atoms with Gasteiger partial charge in [-0.1, -0.05) is 11.6 Å². The van der Waals surface area contributed by atoms with Gasteiger partial charge in [0, 0.05) is 12.1 Å². The highest BCUT2D eigenvalue weighted by Gasteiger charge is 2.38. The Bertz CT molecular complexity index is 1260. The number of carbonyl (C=O) groups is 1. The predicted octanol–water partition coefficient (Wildman–Crippen LogP) is 1.46. The molecule has 3 N–H and O–H groups in total.